The highest BCUT2D eigenvalue weighted by molar-refractivity contribution is 7.80. The number of ether oxygens (including phenoxy) is 3. The normalized spacial score (nSPS) is 10.6. The Kier molecular flexibility index (Phi) is 11.5. The maximum atomic E-state index is 12.3. The van der Waals surface area contributed by atoms with Crippen molar-refractivity contribution < 1.29 is 23.8 Å². The van der Waals surface area contributed by atoms with Crippen molar-refractivity contribution in [2.24, 2.45) is 0 Å². The van der Waals surface area contributed by atoms with E-state index in [-0.39, 0.29) is 11.4 Å². The number of carbonyl (C=O) groups is 2. The summed E-state index contributed by atoms with van der Waals surface area (Å²) in [7, 11) is 4.81. The molecule has 0 saturated carbocycles. The van der Waals surface area contributed by atoms with E-state index >= 15 is 0 Å². The second-order valence-electron chi connectivity index (χ2n) is 8.57. The average Bonchev–Trinajstić information content (AvgIpc) is 3.35. The molecule has 3 rings (SSSR count). The lowest BCUT2D eigenvalue weighted by molar-refractivity contribution is -0.136. The Morgan fingerprint density at radius 2 is 1.57 bits per heavy atom. The summed E-state index contributed by atoms with van der Waals surface area (Å²) in [5.74, 6) is 0.753. The molecule has 2 aromatic carbocycles. The van der Waals surface area contributed by atoms with Crippen LogP contribution >= 0.6 is 32.9 Å². The number of unbranched alkanes of at least 4 members (excludes halogenated alkanes) is 5. The molecule has 0 unspecified atom stereocenters. The van der Waals surface area contributed by atoms with Crippen LogP contribution in [0.15, 0.2) is 55.1 Å². The molecule has 196 valence electrons. The van der Waals surface area contributed by atoms with Crippen molar-refractivity contribution >= 4 is 50.2 Å². The van der Waals surface area contributed by atoms with Crippen LogP contribution in [-0.4, -0.2) is 32.1 Å². The zero-order valence-corrected chi connectivity index (χ0v) is 23.7. The first-order chi connectivity index (χ1) is 17.9. The third kappa shape index (κ3) is 8.91. The Bertz CT molecular complexity index is 1260. The van der Waals surface area contributed by atoms with Gasteiger partial charge in [0.25, 0.3) is 0 Å². The monoisotopic (exact) mass is 556 g/mol. The second-order valence-corrected chi connectivity index (χ2v) is 11.5. The molecular formula is C29H32O5S3. The van der Waals surface area contributed by atoms with Gasteiger partial charge in [0, 0.05) is 4.88 Å². The fraction of sp³-hybridized carbons (Fsp3) is 0.345. The molecule has 0 aliphatic heterocycles. The minimum atomic E-state index is -0.455. The molecule has 0 N–H and O–H groups in total. The first kappa shape index (κ1) is 28.8. The average molecular weight is 557 g/mol. The summed E-state index contributed by atoms with van der Waals surface area (Å²) in [6.07, 6.45) is 6.13. The first-order valence-electron chi connectivity index (χ1n) is 12.3. The highest BCUT2D eigenvalue weighted by Gasteiger charge is 2.15. The number of benzene rings is 2. The summed E-state index contributed by atoms with van der Waals surface area (Å²) in [5.41, 5.74) is 2.47. The molecule has 0 radical (unpaired) electrons. The van der Waals surface area contributed by atoms with Crippen molar-refractivity contribution in [3.05, 3.63) is 70.1 Å². The molecule has 1 heterocycles. The number of hydrogen-bond acceptors (Lipinski definition) is 8. The minimum Gasteiger partial charge on any atom is -0.496 e. The highest BCUT2D eigenvalue weighted by Crippen LogP contribution is 2.30. The van der Waals surface area contributed by atoms with Gasteiger partial charge in [-0.05, 0) is 73.4 Å². The van der Waals surface area contributed by atoms with Crippen LogP contribution in [0.25, 0.3) is 16.0 Å². The van der Waals surface area contributed by atoms with Crippen molar-refractivity contribution in [2.75, 3.05) is 20.3 Å². The SMILES string of the molecule is C=C(C(=O)OCCCCCCCCOc1ccc(-c2cc(=S)ss2)cc1)c1ccc(C(C)=O)c(OC)c1. The summed E-state index contributed by atoms with van der Waals surface area (Å²) < 4.78 is 17.4. The zero-order chi connectivity index (χ0) is 26.6. The third-order valence-corrected chi connectivity index (χ3v) is 8.73. The van der Waals surface area contributed by atoms with Gasteiger partial charge in [-0.3, -0.25) is 4.79 Å². The lowest BCUT2D eigenvalue weighted by atomic mass is 10.0. The molecule has 1 aromatic heterocycles. The van der Waals surface area contributed by atoms with E-state index < -0.39 is 5.97 Å². The van der Waals surface area contributed by atoms with E-state index in [1.54, 1.807) is 38.9 Å². The van der Waals surface area contributed by atoms with Crippen molar-refractivity contribution in [1.29, 1.82) is 0 Å². The van der Waals surface area contributed by atoms with Crippen LogP contribution in [0.4, 0.5) is 0 Å². The topological polar surface area (TPSA) is 61.8 Å². The maximum Gasteiger partial charge on any atom is 0.338 e. The lowest BCUT2D eigenvalue weighted by Gasteiger charge is -2.11. The van der Waals surface area contributed by atoms with Gasteiger partial charge < -0.3 is 14.2 Å². The summed E-state index contributed by atoms with van der Waals surface area (Å²) in [6.45, 7) is 6.38. The summed E-state index contributed by atoms with van der Waals surface area (Å²) in [6, 6.07) is 15.2. The Hall–Kier alpha value is -2.81. The number of carbonyl (C=O) groups excluding carboxylic acids is 2. The summed E-state index contributed by atoms with van der Waals surface area (Å²) >= 11 is 5.20. The van der Waals surface area contributed by atoms with Crippen LogP contribution in [0.2, 0.25) is 0 Å². The summed E-state index contributed by atoms with van der Waals surface area (Å²) in [4.78, 5) is 25.2. The fourth-order valence-corrected chi connectivity index (χ4v) is 6.13. The molecule has 0 atom stereocenters. The van der Waals surface area contributed by atoms with Gasteiger partial charge in [-0.2, -0.15) is 0 Å². The Balaban J connectivity index is 1.24. The van der Waals surface area contributed by atoms with E-state index in [1.165, 1.54) is 24.5 Å². The predicted molar refractivity (Wildman–Crippen MR) is 155 cm³/mol. The first-order valence-corrected chi connectivity index (χ1v) is 14.8. The minimum absolute atomic E-state index is 0.101. The van der Waals surface area contributed by atoms with Crippen molar-refractivity contribution in [2.45, 2.75) is 45.4 Å². The van der Waals surface area contributed by atoms with Gasteiger partial charge in [-0.1, -0.05) is 71.2 Å². The molecule has 0 bridgehead atoms. The molecule has 0 aliphatic rings. The van der Waals surface area contributed by atoms with E-state index in [1.807, 2.05) is 18.2 Å². The van der Waals surface area contributed by atoms with Crippen molar-refractivity contribution in [3.63, 3.8) is 0 Å². The zero-order valence-electron chi connectivity index (χ0n) is 21.2. The number of Topliss-reactive ketones (excluding diaryl/α,β-unsaturated/α-hetero) is 1. The van der Waals surface area contributed by atoms with E-state index in [9.17, 15) is 9.59 Å². The quantitative estimate of drug-likeness (QED) is 0.0468. The molecule has 0 fully saturated rings. The molecular weight excluding hydrogens is 525 g/mol. The van der Waals surface area contributed by atoms with E-state index in [0.717, 1.165) is 48.1 Å². The summed E-state index contributed by atoms with van der Waals surface area (Å²) in [5, 5.41) is 0. The second kappa shape index (κ2) is 14.8. The lowest BCUT2D eigenvalue weighted by Crippen LogP contribution is -2.08. The van der Waals surface area contributed by atoms with E-state index in [4.69, 9.17) is 26.4 Å². The van der Waals surface area contributed by atoms with Crippen LogP contribution < -0.4 is 9.47 Å². The number of esters is 1. The number of rotatable bonds is 15. The Morgan fingerprint density at radius 3 is 2.19 bits per heavy atom. The number of methoxy groups -OCH3 is 1. The van der Waals surface area contributed by atoms with Crippen LogP contribution in [-0.2, 0) is 9.53 Å². The van der Waals surface area contributed by atoms with Crippen LogP contribution in [0.1, 0.15) is 61.4 Å². The van der Waals surface area contributed by atoms with Crippen LogP contribution in [0.3, 0.4) is 0 Å². The molecule has 0 saturated heterocycles. The van der Waals surface area contributed by atoms with Gasteiger partial charge in [0.05, 0.1) is 31.5 Å². The number of ketones is 1. The Labute approximate surface area is 231 Å². The number of hydrogen-bond donors (Lipinski definition) is 0. The van der Waals surface area contributed by atoms with Gasteiger partial charge in [0.1, 0.15) is 15.3 Å². The Morgan fingerprint density at radius 1 is 0.892 bits per heavy atom. The fourth-order valence-electron chi connectivity index (χ4n) is 3.73. The molecule has 0 aliphatic carbocycles. The van der Waals surface area contributed by atoms with Gasteiger partial charge in [-0.25, -0.2) is 4.79 Å². The molecule has 5 nitrogen and oxygen atoms in total. The predicted octanol–water partition coefficient (Wildman–Crippen LogP) is 8.39. The van der Waals surface area contributed by atoms with E-state index in [0.29, 0.717) is 30.1 Å². The van der Waals surface area contributed by atoms with Crippen molar-refractivity contribution in [1.82, 2.24) is 0 Å². The smallest absolute Gasteiger partial charge is 0.338 e. The maximum absolute atomic E-state index is 12.3. The van der Waals surface area contributed by atoms with Crippen LogP contribution in [0, 0.1) is 3.82 Å². The molecule has 0 amide bonds. The van der Waals surface area contributed by atoms with Gasteiger partial charge in [0.15, 0.2) is 5.78 Å². The van der Waals surface area contributed by atoms with Gasteiger partial charge in [0.2, 0.25) is 0 Å². The molecule has 8 heteroatoms. The van der Waals surface area contributed by atoms with Gasteiger partial charge >= 0.3 is 5.97 Å². The van der Waals surface area contributed by atoms with E-state index in [2.05, 4.69) is 18.7 Å². The molecule has 0 spiro atoms. The molecule has 3 aromatic rings. The third-order valence-electron chi connectivity index (χ3n) is 5.82. The molecule has 37 heavy (non-hydrogen) atoms. The van der Waals surface area contributed by atoms with Gasteiger partial charge in [-0.15, -0.1) is 0 Å². The highest BCUT2D eigenvalue weighted by atomic mass is 32.9. The standard InChI is InChI=1S/C29H32O5S3/c1-20(23-12-15-25(21(2)30)26(18-23)32-3)29(31)34-17-9-7-5-4-6-8-16-33-24-13-10-22(11-14-24)27-19-28(35)37-36-27/h10-15,18-19H,1,4-9,16-17H2,2-3H3. The van der Waals surface area contributed by atoms with Crippen molar-refractivity contribution in [3.8, 4) is 21.9 Å². The largest absolute Gasteiger partial charge is 0.496 e. The van der Waals surface area contributed by atoms with Crippen LogP contribution in [0.5, 0.6) is 11.5 Å².